The van der Waals surface area contributed by atoms with Gasteiger partial charge < -0.3 is 10.4 Å². The van der Waals surface area contributed by atoms with E-state index in [0.717, 1.165) is 12.0 Å². The molecule has 2 aromatic rings. The van der Waals surface area contributed by atoms with E-state index in [1.807, 2.05) is 19.1 Å². The van der Waals surface area contributed by atoms with E-state index in [9.17, 15) is 20.0 Å². The summed E-state index contributed by atoms with van der Waals surface area (Å²) in [5.41, 5.74) is 2.14. The molecule has 0 aliphatic rings. The van der Waals surface area contributed by atoms with Crippen molar-refractivity contribution in [1.29, 1.82) is 0 Å². The minimum atomic E-state index is -0.922. The second kappa shape index (κ2) is 7.51. The van der Waals surface area contributed by atoms with Crippen molar-refractivity contribution < 1.29 is 14.8 Å². The first-order valence-corrected chi connectivity index (χ1v) is 7.30. The number of aryl methyl sites for hydroxylation is 1. The van der Waals surface area contributed by atoms with Gasteiger partial charge in [0.15, 0.2) is 0 Å². The first-order chi connectivity index (χ1) is 11.0. The van der Waals surface area contributed by atoms with Gasteiger partial charge in [-0.3, -0.25) is 14.9 Å². The van der Waals surface area contributed by atoms with E-state index in [1.165, 1.54) is 24.3 Å². The molecule has 0 saturated carbocycles. The highest BCUT2D eigenvalue weighted by atomic mass is 16.6. The summed E-state index contributed by atoms with van der Waals surface area (Å²) in [7, 11) is 0. The highest BCUT2D eigenvalue weighted by Crippen LogP contribution is 2.17. The number of nitrogens with one attached hydrogen (secondary N) is 1. The van der Waals surface area contributed by atoms with Crippen LogP contribution in [0.4, 0.5) is 5.69 Å². The van der Waals surface area contributed by atoms with Crippen LogP contribution in [0.1, 0.15) is 34.5 Å². The quantitative estimate of drug-likeness (QED) is 0.633. The molecule has 120 valence electrons. The number of carbonyl (C=O) groups is 1. The highest BCUT2D eigenvalue weighted by molar-refractivity contribution is 5.94. The first kappa shape index (κ1) is 16.6. The van der Waals surface area contributed by atoms with Crippen molar-refractivity contribution in [3.05, 3.63) is 75.3 Å². The van der Waals surface area contributed by atoms with Crippen molar-refractivity contribution in [3.8, 4) is 0 Å². The number of benzene rings is 2. The molecule has 1 unspecified atom stereocenters. The third kappa shape index (κ3) is 4.37. The molecule has 1 amide bonds. The van der Waals surface area contributed by atoms with Gasteiger partial charge in [-0.1, -0.05) is 19.1 Å². The third-order valence-corrected chi connectivity index (χ3v) is 3.57. The molecular weight excluding hydrogens is 296 g/mol. The van der Waals surface area contributed by atoms with Crippen LogP contribution in [0.2, 0.25) is 0 Å². The predicted octanol–water partition coefficient (Wildman–Crippen LogP) is 2.62. The first-order valence-electron chi connectivity index (χ1n) is 7.30. The Morgan fingerprint density at radius 1 is 1.17 bits per heavy atom. The maximum absolute atomic E-state index is 12.0. The van der Waals surface area contributed by atoms with Crippen LogP contribution in [-0.2, 0) is 6.42 Å². The van der Waals surface area contributed by atoms with Crippen molar-refractivity contribution in [2.45, 2.75) is 19.4 Å². The molecule has 0 fully saturated rings. The lowest BCUT2D eigenvalue weighted by Crippen LogP contribution is -2.28. The molecule has 0 bridgehead atoms. The van der Waals surface area contributed by atoms with E-state index < -0.39 is 11.0 Å². The Balaban J connectivity index is 1.93. The van der Waals surface area contributed by atoms with Gasteiger partial charge >= 0.3 is 0 Å². The van der Waals surface area contributed by atoms with Gasteiger partial charge in [0.1, 0.15) is 0 Å². The normalized spacial score (nSPS) is 11.7. The molecule has 0 aromatic heterocycles. The molecule has 23 heavy (non-hydrogen) atoms. The molecule has 0 aliphatic heterocycles. The number of rotatable bonds is 6. The van der Waals surface area contributed by atoms with E-state index in [0.29, 0.717) is 11.1 Å². The minimum Gasteiger partial charge on any atom is -0.387 e. The number of non-ortho nitro benzene ring substituents is 1. The van der Waals surface area contributed by atoms with Crippen LogP contribution in [0, 0.1) is 10.1 Å². The molecule has 0 heterocycles. The highest BCUT2D eigenvalue weighted by Gasteiger charge is 2.12. The Kier molecular flexibility index (Phi) is 5.43. The number of carbonyl (C=O) groups excluding carboxylic acids is 1. The maximum Gasteiger partial charge on any atom is 0.269 e. The SMILES string of the molecule is CCc1ccc(C(=O)NCC(O)c2ccc([N+](=O)[O-])cc2)cc1. The number of nitro groups is 1. The van der Waals surface area contributed by atoms with Crippen molar-refractivity contribution in [2.75, 3.05) is 6.54 Å². The molecule has 0 saturated heterocycles. The Labute approximate surface area is 133 Å². The summed E-state index contributed by atoms with van der Waals surface area (Å²) in [5, 5.41) is 23.3. The van der Waals surface area contributed by atoms with Crippen LogP contribution in [-0.4, -0.2) is 22.5 Å². The fourth-order valence-corrected chi connectivity index (χ4v) is 2.12. The summed E-state index contributed by atoms with van der Waals surface area (Å²) in [4.78, 5) is 22.1. The topological polar surface area (TPSA) is 92.5 Å². The van der Waals surface area contributed by atoms with Gasteiger partial charge in [-0.2, -0.15) is 0 Å². The summed E-state index contributed by atoms with van der Waals surface area (Å²) in [5.74, 6) is -0.270. The second-order valence-electron chi connectivity index (χ2n) is 5.12. The molecule has 2 rings (SSSR count). The Bertz CT molecular complexity index is 681. The zero-order valence-corrected chi connectivity index (χ0v) is 12.7. The van der Waals surface area contributed by atoms with Crippen molar-refractivity contribution in [3.63, 3.8) is 0 Å². The van der Waals surface area contributed by atoms with Crippen molar-refractivity contribution in [1.82, 2.24) is 5.32 Å². The molecular formula is C17H18N2O4. The zero-order valence-electron chi connectivity index (χ0n) is 12.7. The Hall–Kier alpha value is -2.73. The molecule has 0 radical (unpaired) electrons. The lowest BCUT2D eigenvalue weighted by Gasteiger charge is -2.12. The lowest BCUT2D eigenvalue weighted by molar-refractivity contribution is -0.384. The average molecular weight is 314 g/mol. The van der Waals surface area contributed by atoms with Crippen LogP contribution in [0.15, 0.2) is 48.5 Å². The standard InChI is InChI=1S/C17H18N2O4/c1-2-12-3-5-14(6-4-12)17(21)18-11-16(20)13-7-9-15(10-8-13)19(22)23/h3-10,16,20H,2,11H2,1H3,(H,18,21). The number of aliphatic hydroxyl groups excluding tert-OH is 1. The zero-order chi connectivity index (χ0) is 16.8. The molecule has 0 spiro atoms. The fourth-order valence-electron chi connectivity index (χ4n) is 2.12. The summed E-state index contributed by atoms with van der Waals surface area (Å²) in [6.45, 7) is 2.07. The van der Waals surface area contributed by atoms with Crippen molar-refractivity contribution >= 4 is 11.6 Å². The largest absolute Gasteiger partial charge is 0.387 e. The molecule has 1 atom stereocenters. The second-order valence-corrected chi connectivity index (χ2v) is 5.12. The van der Waals surface area contributed by atoms with Gasteiger partial charge in [0.25, 0.3) is 11.6 Å². The number of hydrogen-bond donors (Lipinski definition) is 2. The van der Waals surface area contributed by atoms with E-state index in [2.05, 4.69) is 5.32 Å². The van der Waals surface area contributed by atoms with Crippen LogP contribution < -0.4 is 5.32 Å². The van der Waals surface area contributed by atoms with E-state index in [4.69, 9.17) is 0 Å². The lowest BCUT2D eigenvalue weighted by atomic mass is 10.1. The minimum absolute atomic E-state index is 0.0339. The van der Waals surface area contributed by atoms with Gasteiger partial charge in [0.2, 0.25) is 0 Å². The number of aliphatic hydroxyl groups is 1. The Morgan fingerprint density at radius 3 is 2.30 bits per heavy atom. The smallest absolute Gasteiger partial charge is 0.269 e. The van der Waals surface area contributed by atoms with E-state index in [1.54, 1.807) is 12.1 Å². The van der Waals surface area contributed by atoms with E-state index >= 15 is 0 Å². The number of hydrogen-bond acceptors (Lipinski definition) is 4. The number of amides is 1. The van der Waals surface area contributed by atoms with Crippen LogP contribution in [0.5, 0.6) is 0 Å². The maximum atomic E-state index is 12.0. The molecule has 2 aromatic carbocycles. The number of nitro benzene ring substituents is 1. The summed E-state index contributed by atoms with van der Waals surface area (Å²) in [6, 6.07) is 12.9. The van der Waals surface area contributed by atoms with Gasteiger partial charge in [-0.05, 0) is 41.8 Å². The monoisotopic (exact) mass is 314 g/mol. The summed E-state index contributed by atoms with van der Waals surface area (Å²) in [6.07, 6.45) is -0.0181. The van der Waals surface area contributed by atoms with Gasteiger partial charge in [0, 0.05) is 24.2 Å². The Morgan fingerprint density at radius 2 is 1.78 bits per heavy atom. The average Bonchev–Trinajstić information content (AvgIpc) is 2.59. The van der Waals surface area contributed by atoms with Crippen molar-refractivity contribution in [2.24, 2.45) is 0 Å². The van der Waals surface area contributed by atoms with Crippen LogP contribution in [0.3, 0.4) is 0 Å². The third-order valence-electron chi connectivity index (χ3n) is 3.57. The molecule has 6 heteroatoms. The van der Waals surface area contributed by atoms with Crippen LogP contribution in [0.25, 0.3) is 0 Å². The molecule has 6 nitrogen and oxygen atoms in total. The number of nitrogens with zero attached hydrogens (tertiary/aromatic N) is 1. The van der Waals surface area contributed by atoms with E-state index in [-0.39, 0.29) is 18.1 Å². The summed E-state index contributed by atoms with van der Waals surface area (Å²) < 4.78 is 0. The van der Waals surface area contributed by atoms with Crippen LogP contribution >= 0.6 is 0 Å². The molecule has 0 aliphatic carbocycles. The molecule has 2 N–H and O–H groups in total. The fraction of sp³-hybridized carbons (Fsp3) is 0.235. The van der Waals surface area contributed by atoms with Gasteiger partial charge in [0.05, 0.1) is 11.0 Å². The van der Waals surface area contributed by atoms with Gasteiger partial charge in [-0.25, -0.2) is 0 Å². The predicted molar refractivity (Wildman–Crippen MR) is 86.2 cm³/mol. The summed E-state index contributed by atoms with van der Waals surface area (Å²) >= 11 is 0. The van der Waals surface area contributed by atoms with Gasteiger partial charge in [-0.15, -0.1) is 0 Å².